The second-order valence-corrected chi connectivity index (χ2v) is 4.66. The molecule has 19 heavy (non-hydrogen) atoms. The van der Waals surface area contributed by atoms with Gasteiger partial charge in [0, 0.05) is 0 Å². The number of hydrogen-bond donors (Lipinski definition) is 0. The zero-order valence-corrected chi connectivity index (χ0v) is 9.63. The summed E-state index contributed by atoms with van der Waals surface area (Å²) in [5.41, 5.74) is -4.77. The minimum absolute atomic E-state index is 0.573. The van der Waals surface area contributed by atoms with Gasteiger partial charge in [0.1, 0.15) is 0 Å². The first-order valence-electron chi connectivity index (χ1n) is 4.49. The van der Waals surface area contributed by atoms with Crippen molar-refractivity contribution in [2.75, 3.05) is 0 Å². The fraction of sp³-hybridized carbons (Fsp3) is 0.333. The molecule has 0 nitrogen and oxygen atoms in total. The molecule has 0 heterocycles. The monoisotopic (exact) mass is 312 g/mol. The van der Waals surface area contributed by atoms with E-state index in [0.717, 1.165) is 0 Å². The van der Waals surface area contributed by atoms with Crippen LogP contribution < -0.4 is 0 Å². The number of alkyl halides is 5. The van der Waals surface area contributed by atoms with Crippen LogP contribution in [0.4, 0.5) is 39.5 Å². The Balaban J connectivity index is 3.02. The van der Waals surface area contributed by atoms with E-state index in [1.54, 1.807) is 0 Å². The van der Waals surface area contributed by atoms with Crippen LogP contribution in [0.25, 0.3) is 0 Å². The highest BCUT2D eigenvalue weighted by Gasteiger charge is 2.78. The summed E-state index contributed by atoms with van der Waals surface area (Å²) < 4.78 is 119. The van der Waals surface area contributed by atoms with Crippen LogP contribution in [0.2, 0.25) is 0 Å². The van der Waals surface area contributed by atoms with E-state index in [-0.39, 0.29) is 0 Å². The second kappa shape index (κ2) is 3.56. The Morgan fingerprint density at radius 1 is 0.632 bits per heavy atom. The Kier molecular flexibility index (Phi) is 2.70. The first-order chi connectivity index (χ1) is 8.39. The van der Waals surface area contributed by atoms with Gasteiger partial charge in [-0.15, -0.1) is 0 Å². The molecule has 0 radical (unpaired) electrons. The molecule has 2 atom stereocenters. The smallest absolute Gasteiger partial charge is 0.227 e. The predicted molar refractivity (Wildman–Crippen MR) is 47.6 cm³/mol. The van der Waals surface area contributed by atoms with Gasteiger partial charge in [-0.25, -0.2) is 22.0 Å². The molecular weight excluding hydrogens is 310 g/mol. The van der Waals surface area contributed by atoms with E-state index in [0.29, 0.717) is 9.24 Å². The fourth-order valence-corrected chi connectivity index (χ4v) is 2.26. The third-order valence-electron chi connectivity index (χ3n) is 2.80. The van der Waals surface area contributed by atoms with Crippen molar-refractivity contribution in [2.45, 2.75) is 17.3 Å². The summed E-state index contributed by atoms with van der Waals surface area (Å²) in [6, 6.07) is 0. The molecule has 1 aliphatic rings. The summed E-state index contributed by atoms with van der Waals surface area (Å²) in [7, 11) is 0.573. The van der Waals surface area contributed by atoms with Gasteiger partial charge >= 0.3 is 11.8 Å². The van der Waals surface area contributed by atoms with Gasteiger partial charge in [-0.05, 0) is 0 Å². The summed E-state index contributed by atoms with van der Waals surface area (Å²) in [5.74, 6) is -21.8. The Labute approximate surface area is 101 Å². The van der Waals surface area contributed by atoms with Gasteiger partial charge in [0.2, 0.25) is 5.41 Å². The molecule has 0 aliphatic heterocycles. The summed E-state index contributed by atoms with van der Waals surface area (Å²) in [5, 5.41) is -4.47. The van der Waals surface area contributed by atoms with Crippen LogP contribution in [0.1, 0.15) is 11.1 Å². The summed E-state index contributed by atoms with van der Waals surface area (Å²) in [6.07, 6.45) is 0. The predicted octanol–water partition coefficient (Wildman–Crippen LogP) is 3.98. The third-order valence-corrected chi connectivity index (χ3v) is 3.45. The van der Waals surface area contributed by atoms with Crippen LogP contribution in [-0.2, 0) is 11.3 Å². The molecule has 0 fully saturated rings. The Morgan fingerprint density at radius 2 is 1.00 bits per heavy atom. The minimum Gasteiger partial charge on any atom is -0.227 e. The number of rotatable bonds is 0. The van der Waals surface area contributed by atoms with Crippen molar-refractivity contribution in [3.05, 3.63) is 34.4 Å². The zero-order chi connectivity index (χ0) is 15.0. The van der Waals surface area contributed by atoms with Crippen molar-refractivity contribution in [1.29, 1.82) is 0 Å². The van der Waals surface area contributed by atoms with E-state index in [1.165, 1.54) is 0 Å². The molecule has 10 heteroatoms. The van der Waals surface area contributed by atoms with E-state index >= 15 is 0 Å². The van der Waals surface area contributed by atoms with Crippen LogP contribution in [0, 0.1) is 23.3 Å². The molecule has 106 valence electrons. The summed E-state index contributed by atoms with van der Waals surface area (Å²) in [4.78, 5) is 0. The summed E-state index contributed by atoms with van der Waals surface area (Å²) in [6.45, 7) is 0. The van der Waals surface area contributed by atoms with Crippen molar-refractivity contribution in [3.8, 4) is 0 Å². The largest absolute Gasteiger partial charge is 0.355 e. The van der Waals surface area contributed by atoms with E-state index < -0.39 is 51.7 Å². The zero-order valence-electron chi connectivity index (χ0n) is 8.48. The number of benzene rings is 1. The SMILES string of the molecule is Fc1c(F)c(F)c2c(c1F)C(F)(F)C(F)(F)C2(F)P. The lowest BCUT2D eigenvalue weighted by Gasteiger charge is -2.26. The molecular formula is C9H2F9P. The molecule has 1 aromatic rings. The molecule has 1 aliphatic carbocycles. The van der Waals surface area contributed by atoms with Crippen LogP contribution >= 0.6 is 9.24 Å². The quantitative estimate of drug-likeness (QED) is 0.294. The van der Waals surface area contributed by atoms with Crippen molar-refractivity contribution < 1.29 is 39.5 Å². The fourth-order valence-electron chi connectivity index (χ4n) is 1.81. The highest BCUT2D eigenvalue weighted by Crippen LogP contribution is 2.66. The van der Waals surface area contributed by atoms with Gasteiger partial charge in [0.15, 0.2) is 23.3 Å². The molecule has 0 aromatic heterocycles. The molecule has 0 saturated heterocycles. The first-order valence-corrected chi connectivity index (χ1v) is 5.07. The van der Waals surface area contributed by atoms with Crippen molar-refractivity contribution >= 4 is 9.24 Å². The standard InChI is InChI=1S/C9H2F9P/c10-3-1-2(4(11)6(13)5(3)12)8(16,19)9(17,18)7(1,14)15/h19H2. The van der Waals surface area contributed by atoms with E-state index in [1.807, 2.05) is 0 Å². The second-order valence-electron chi connectivity index (χ2n) is 3.87. The minimum atomic E-state index is -5.59. The van der Waals surface area contributed by atoms with Gasteiger partial charge in [-0.1, -0.05) is 9.24 Å². The van der Waals surface area contributed by atoms with Gasteiger partial charge < -0.3 is 0 Å². The van der Waals surface area contributed by atoms with Crippen LogP contribution in [0.5, 0.6) is 0 Å². The maximum Gasteiger partial charge on any atom is 0.355 e. The lowest BCUT2D eigenvalue weighted by molar-refractivity contribution is -0.243. The highest BCUT2D eigenvalue weighted by molar-refractivity contribution is 7.18. The van der Waals surface area contributed by atoms with E-state index in [2.05, 4.69) is 0 Å². The molecule has 1 aromatic carbocycles. The average Bonchev–Trinajstić information content (AvgIpc) is 2.39. The van der Waals surface area contributed by atoms with Gasteiger partial charge in [-0.3, -0.25) is 0 Å². The first kappa shape index (κ1) is 14.4. The maximum absolute atomic E-state index is 13.7. The molecule has 2 rings (SSSR count). The van der Waals surface area contributed by atoms with Gasteiger partial charge in [0.05, 0.1) is 11.1 Å². The van der Waals surface area contributed by atoms with E-state index in [9.17, 15) is 39.5 Å². The van der Waals surface area contributed by atoms with Crippen molar-refractivity contribution in [2.24, 2.45) is 0 Å². The number of hydrogen-bond acceptors (Lipinski definition) is 0. The Bertz CT molecular complexity index is 529. The highest BCUT2D eigenvalue weighted by atomic mass is 31.0. The average molecular weight is 312 g/mol. The van der Waals surface area contributed by atoms with Crippen LogP contribution in [-0.4, -0.2) is 5.92 Å². The maximum atomic E-state index is 13.7. The van der Waals surface area contributed by atoms with Crippen molar-refractivity contribution in [3.63, 3.8) is 0 Å². The lowest BCUT2D eigenvalue weighted by Crippen LogP contribution is -2.42. The Hall–Kier alpha value is -0.980. The molecule has 2 unspecified atom stereocenters. The molecule has 0 saturated carbocycles. The molecule has 0 amide bonds. The molecule has 0 N–H and O–H groups in total. The summed E-state index contributed by atoms with van der Waals surface area (Å²) >= 11 is 0. The topological polar surface area (TPSA) is 0 Å². The van der Waals surface area contributed by atoms with Gasteiger partial charge in [-0.2, -0.15) is 17.6 Å². The van der Waals surface area contributed by atoms with Crippen LogP contribution in [0.3, 0.4) is 0 Å². The number of halogens is 9. The normalized spacial score (nSPS) is 27.5. The third kappa shape index (κ3) is 1.37. The van der Waals surface area contributed by atoms with Crippen LogP contribution in [0.15, 0.2) is 0 Å². The number of fused-ring (bicyclic) bond motifs is 1. The van der Waals surface area contributed by atoms with Gasteiger partial charge in [0.25, 0.3) is 0 Å². The molecule has 0 spiro atoms. The lowest BCUT2D eigenvalue weighted by atomic mass is 10.1. The molecule has 0 bridgehead atoms. The van der Waals surface area contributed by atoms with E-state index in [4.69, 9.17) is 0 Å². The Morgan fingerprint density at radius 3 is 1.42 bits per heavy atom. The van der Waals surface area contributed by atoms with Crippen molar-refractivity contribution in [1.82, 2.24) is 0 Å².